The Balaban J connectivity index is 0.000000334. The van der Waals surface area contributed by atoms with Crippen LogP contribution in [0.25, 0.3) is 5.65 Å². The average molecular weight is 425 g/mol. The molecule has 4 heteroatoms. The summed E-state index contributed by atoms with van der Waals surface area (Å²) < 4.78 is 1.97. The zero-order valence-corrected chi connectivity index (χ0v) is 18.9. The van der Waals surface area contributed by atoms with Gasteiger partial charge < -0.3 is 0 Å². The molecule has 5 aromatic rings. The monoisotopic (exact) mass is 424 g/mol. The second-order valence-electron chi connectivity index (χ2n) is 7.46. The van der Waals surface area contributed by atoms with E-state index in [1.165, 1.54) is 10.6 Å². The first-order valence-corrected chi connectivity index (χ1v) is 12.2. The van der Waals surface area contributed by atoms with Crippen molar-refractivity contribution < 1.29 is 0 Å². The van der Waals surface area contributed by atoms with Gasteiger partial charge in [-0.1, -0.05) is 78.9 Å². The lowest BCUT2D eigenvalue weighted by molar-refractivity contribution is 0.884. The number of pyridine rings is 1. The van der Waals surface area contributed by atoms with Crippen LogP contribution in [-0.4, -0.2) is 14.6 Å². The third-order valence-electron chi connectivity index (χ3n) is 5.16. The molecule has 0 aliphatic rings. The fraction of sp³-hybridized carbons (Fsp3) is 0.111. The molecule has 0 bridgehead atoms. The fourth-order valence-electron chi connectivity index (χ4n) is 3.51. The lowest BCUT2D eigenvalue weighted by Gasteiger charge is -2.08. The molecule has 0 amide bonds. The van der Waals surface area contributed by atoms with Crippen molar-refractivity contribution in [2.24, 2.45) is 0 Å². The standard InChI is InChI=1S/C21H20N3P.C6H6/c1-16-13-14-17(2)24-21(16)22-20(23-24)15-25(18-9-5-3-6-10-18)19-11-7-4-8-12-19;1-2-4-6-5-3-1/h3-14H,15H2,1-2H3;1-6H/p+1. The molecule has 0 saturated heterocycles. The normalized spacial score (nSPS) is 10.7. The predicted molar refractivity (Wildman–Crippen MR) is 133 cm³/mol. The Morgan fingerprint density at radius 3 is 1.61 bits per heavy atom. The molecule has 2 aromatic heterocycles. The van der Waals surface area contributed by atoms with Crippen molar-refractivity contribution in [3.8, 4) is 0 Å². The summed E-state index contributed by atoms with van der Waals surface area (Å²) >= 11 is 0. The molecule has 2 heterocycles. The number of benzene rings is 3. The molecular weight excluding hydrogens is 397 g/mol. The molecule has 3 nitrogen and oxygen atoms in total. The largest absolute Gasteiger partial charge is 0.218 e. The van der Waals surface area contributed by atoms with Gasteiger partial charge in [0.2, 0.25) is 0 Å². The topological polar surface area (TPSA) is 30.2 Å². The van der Waals surface area contributed by atoms with Gasteiger partial charge >= 0.3 is 0 Å². The predicted octanol–water partition coefficient (Wildman–Crippen LogP) is 5.40. The van der Waals surface area contributed by atoms with E-state index in [0.717, 1.165) is 28.9 Å². The molecule has 5 rings (SSSR count). The molecule has 0 spiro atoms. The summed E-state index contributed by atoms with van der Waals surface area (Å²) in [6, 6.07) is 37.8. The highest BCUT2D eigenvalue weighted by Crippen LogP contribution is 2.37. The van der Waals surface area contributed by atoms with Gasteiger partial charge in [-0.05, 0) is 49.7 Å². The summed E-state index contributed by atoms with van der Waals surface area (Å²) in [5.74, 6) is 0.930. The number of aryl methyl sites for hydroxylation is 2. The smallest absolute Gasteiger partial charge is 0.189 e. The third kappa shape index (κ3) is 5.25. The Kier molecular flexibility index (Phi) is 6.86. The van der Waals surface area contributed by atoms with E-state index in [9.17, 15) is 0 Å². The van der Waals surface area contributed by atoms with Crippen LogP contribution in [0.2, 0.25) is 0 Å². The molecule has 0 atom stereocenters. The first-order chi connectivity index (χ1) is 15.2. The van der Waals surface area contributed by atoms with Crippen LogP contribution in [0.5, 0.6) is 0 Å². The highest BCUT2D eigenvalue weighted by Gasteiger charge is 2.25. The van der Waals surface area contributed by atoms with Crippen LogP contribution in [0, 0.1) is 13.8 Å². The van der Waals surface area contributed by atoms with Crippen molar-refractivity contribution in [3.05, 3.63) is 126 Å². The van der Waals surface area contributed by atoms with E-state index in [1.807, 2.05) is 40.9 Å². The van der Waals surface area contributed by atoms with E-state index >= 15 is 0 Å². The summed E-state index contributed by atoms with van der Waals surface area (Å²) in [6.45, 7) is 4.17. The van der Waals surface area contributed by atoms with Crippen molar-refractivity contribution in [1.82, 2.24) is 14.6 Å². The van der Waals surface area contributed by atoms with Gasteiger partial charge in [0.25, 0.3) is 0 Å². The highest BCUT2D eigenvalue weighted by molar-refractivity contribution is 7.72. The Labute approximate surface area is 185 Å². The average Bonchev–Trinajstić information content (AvgIpc) is 3.28. The van der Waals surface area contributed by atoms with E-state index in [0.29, 0.717) is 0 Å². The summed E-state index contributed by atoms with van der Waals surface area (Å²) in [7, 11) is -0.963. The van der Waals surface area contributed by atoms with E-state index in [4.69, 9.17) is 10.1 Å². The number of nitrogens with zero attached hydrogens (tertiary/aromatic N) is 3. The zero-order valence-electron chi connectivity index (χ0n) is 17.9. The van der Waals surface area contributed by atoms with Crippen LogP contribution in [0.4, 0.5) is 0 Å². The van der Waals surface area contributed by atoms with Crippen molar-refractivity contribution in [1.29, 1.82) is 0 Å². The van der Waals surface area contributed by atoms with Gasteiger partial charge in [0.05, 0.1) is 18.5 Å². The van der Waals surface area contributed by atoms with E-state index in [1.54, 1.807) is 0 Å². The summed E-state index contributed by atoms with van der Waals surface area (Å²) in [4.78, 5) is 4.84. The maximum atomic E-state index is 4.84. The second-order valence-corrected chi connectivity index (χ2v) is 9.93. The molecule has 0 unspecified atom stereocenters. The summed E-state index contributed by atoms with van der Waals surface area (Å²) in [5, 5.41) is 7.58. The van der Waals surface area contributed by atoms with Crippen molar-refractivity contribution in [3.63, 3.8) is 0 Å². The third-order valence-corrected chi connectivity index (χ3v) is 7.89. The SMILES string of the molecule is Cc1ccc(C)n2nc(C[PH+](c3ccccc3)c3ccccc3)nc12.c1ccccc1. The number of hydrogen-bond donors (Lipinski definition) is 0. The van der Waals surface area contributed by atoms with Crippen molar-refractivity contribution in [2.45, 2.75) is 20.0 Å². The number of fused-ring (bicyclic) bond motifs is 1. The van der Waals surface area contributed by atoms with E-state index in [-0.39, 0.29) is 0 Å². The second kappa shape index (κ2) is 10.1. The fourth-order valence-corrected chi connectivity index (χ4v) is 5.91. The Hall–Kier alpha value is -3.29. The molecule has 0 aliphatic carbocycles. The van der Waals surface area contributed by atoms with E-state index in [2.05, 4.69) is 86.6 Å². The van der Waals surface area contributed by atoms with Crippen LogP contribution in [0.15, 0.2) is 109 Å². The summed E-state index contributed by atoms with van der Waals surface area (Å²) in [5.41, 5.74) is 3.25. The molecule has 3 aromatic carbocycles. The van der Waals surface area contributed by atoms with Crippen LogP contribution < -0.4 is 10.6 Å². The summed E-state index contributed by atoms with van der Waals surface area (Å²) in [6.07, 6.45) is 0.888. The molecular formula is C27H27N3P+. The van der Waals surface area contributed by atoms with Crippen LogP contribution in [-0.2, 0) is 6.16 Å². The minimum absolute atomic E-state index is 0.888. The Morgan fingerprint density at radius 1 is 0.645 bits per heavy atom. The van der Waals surface area contributed by atoms with Crippen molar-refractivity contribution >= 4 is 24.2 Å². The van der Waals surface area contributed by atoms with Gasteiger partial charge in [0.15, 0.2) is 11.5 Å². The molecule has 31 heavy (non-hydrogen) atoms. The van der Waals surface area contributed by atoms with Gasteiger partial charge in [-0.15, -0.1) is 5.10 Å². The number of aromatic nitrogens is 3. The van der Waals surface area contributed by atoms with Crippen LogP contribution >= 0.6 is 7.92 Å². The van der Waals surface area contributed by atoms with Gasteiger partial charge in [-0.25, -0.2) is 9.50 Å². The number of rotatable bonds is 4. The van der Waals surface area contributed by atoms with E-state index < -0.39 is 7.92 Å². The lowest BCUT2D eigenvalue weighted by atomic mass is 10.3. The lowest BCUT2D eigenvalue weighted by Crippen LogP contribution is -2.13. The molecule has 0 aliphatic heterocycles. The van der Waals surface area contributed by atoms with Gasteiger partial charge in [0.1, 0.15) is 6.16 Å². The first-order valence-electron chi connectivity index (χ1n) is 10.5. The van der Waals surface area contributed by atoms with Gasteiger partial charge in [-0.3, -0.25) is 0 Å². The van der Waals surface area contributed by atoms with Crippen LogP contribution in [0.1, 0.15) is 17.1 Å². The Bertz CT molecular complexity index is 1110. The molecule has 0 radical (unpaired) electrons. The molecule has 0 fully saturated rings. The Morgan fingerprint density at radius 2 is 1.13 bits per heavy atom. The highest BCUT2D eigenvalue weighted by atomic mass is 31.1. The maximum Gasteiger partial charge on any atom is 0.189 e. The van der Waals surface area contributed by atoms with Gasteiger partial charge in [0, 0.05) is 5.69 Å². The number of hydrogen-bond acceptors (Lipinski definition) is 2. The zero-order chi connectivity index (χ0) is 21.5. The molecule has 0 N–H and O–H groups in total. The molecule has 154 valence electrons. The molecule has 0 saturated carbocycles. The minimum Gasteiger partial charge on any atom is -0.218 e. The van der Waals surface area contributed by atoms with Crippen molar-refractivity contribution in [2.75, 3.05) is 0 Å². The maximum absolute atomic E-state index is 4.84. The van der Waals surface area contributed by atoms with Crippen LogP contribution in [0.3, 0.4) is 0 Å². The van der Waals surface area contributed by atoms with Gasteiger partial charge in [-0.2, -0.15) is 0 Å². The quantitative estimate of drug-likeness (QED) is 0.362. The first kappa shape index (κ1) is 21.0. The minimum atomic E-state index is -0.963.